The molecule has 0 aromatic rings. The van der Waals surface area contributed by atoms with Gasteiger partial charge in [-0.05, 0) is 24.9 Å². The van der Waals surface area contributed by atoms with Crippen LogP contribution in [0.15, 0.2) is 0 Å². The van der Waals surface area contributed by atoms with E-state index in [0.29, 0.717) is 25.0 Å². The van der Waals surface area contributed by atoms with Crippen LogP contribution in [-0.2, 0) is 4.79 Å². The van der Waals surface area contributed by atoms with Crippen LogP contribution in [0.2, 0.25) is 0 Å². The lowest BCUT2D eigenvalue weighted by molar-refractivity contribution is -0.139. The molecule has 5 nitrogen and oxygen atoms in total. The van der Waals surface area contributed by atoms with Crippen LogP contribution in [-0.4, -0.2) is 41.2 Å². The highest BCUT2D eigenvalue weighted by atomic mass is 32.2. The van der Waals surface area contributed by atoms with Gasteiger partial charge in [0.2, 0.25) is 0 Å². The topological polar surface area (TPSA) is 78.4 Å². The maximum absolute atomic E-state index is 11.6. The van der Waals surface area contributed by atoms with E-state index in [-0.39, 0.29) is 6.04 Å². The summed E-state index contributed by atoms with van der Waals surface area (Å²) in [6.45, 7) is 1.91. The second-order valence-corrected chi connectivity index (χ2v) is 4.79. The molecule has 3 N–H and O–H groups in total. The van der Waals surface area contributed by atoms with Crippen molar-refractivity contribution in [2.24, 2.45) is 0 Å². The molecule has 0 rings (SSSR count). The molecule has 0 spiro atoms. The molecule has 0 radical (unpaired) electrons. The van der Waals surface area contributed by atoms with Crippen molar-refractivity contribution >= 4 is 23.8 Å². The normalized spacial score (nSPS) is 13.2. The third-order valence-corrected chi connectivity index (χ3v) is 3.05. The van der Waals surface area contributed by atoms with Gasteiger partial charge in [-0.3, -0.25) is 0 Å². The summed E-state index contributed by atoms with van der Waals surface area (Å²) in [5, 5.41) is 14.1. The highest BCUT2D eigenvalue weighted by molar-refractivity contribution is 7.98. The van der Waals surface area contributed by atoms with E-state index in [1.807, 2.05) is 13.2 Å². The van der Waals surface area contributed by atoms with Gasteiger partial charge in [0.25, 0.3) is 0 Å². The number of urea groups is 1. The van der Waals surface area contributed by atoms with Crippen LogP contribution in [0.1, 0.15) is 26.2 Å². The average Bonchev–Trinajstić information content (AvgIpc) is 2.33. The summed E-state index contributed by atoms with van der Waals surface area (Å²) in [5.41, 5.74) is 0. The first-order valence-corrected chi connectivity index (χ1v) is 7.16. The van der Waals surface area contributed by atoms with Gasteiger partial charge in [-0.15, -0.1) is 12.3 Å². The Hall–Kier alpha value is -1.35. The van der Waals surface area contributed by atoms with Crippen LogP contribution >= 0.6 is 11.8 Å². The predicted molar refractivity (Wildman–Crippen MR) is 73.6 cm³/mol. The molecule has 0 heterocycles. The summed E-state index contributed by atoms with van der Waals surface area (Å²) >= 11 is 1.54. The van der Waals surface area contributed by atoms with E-state index < -0.39 is 18.0 Å². The minimum absolute atomic E-state index is 0.120. The lowest BCUT2D eigenvalue weighted by Gasteiger charge is -2.18. The van der Waals surface area contributed by atoms with Gasteiger partial charge in [0.15, 0.2) is 0 Å². The number of aliphatic carboxylic acids is 1. The van der Waals surface area contributed by atoms with E-state index >= 15 is 0 Å². The Labute approximate surface area is 112 Å². The summed E-state index contributed by atoms with van der Waals surface area (Å²) in [5.74, 6) is 2.13. The number of carbonyl (C=O) groups excluding carboxylic acids is 1. The number of nitrogens with one attached hydrogen (secondary N) is 2. The zero-order valence-electron chi connectivity index (χ0n) is 10.7. The van der Waals surface area contributed by atoms with Gasteiger partial charge in [0.1, 0.15) is 6.04 Å². The smallest absolute Gasteiger partial charge is 0.326 e. The minimum atomic E-state index is -1.02. The zero-order valence-corrected chi connectivity index (χ0v) is 11.5. The van der Waals surface area contributed by atoms with Gasteiger partial charge in [-0.2, -0.15) is 11.8 Å². The first-order chi connectivity index (χ1) is 8.54. The molecular formula is C12H20N2O3S. The highest BCUT2D eigenvalue weighted by Crippen LogP contribution is 2.01. The molecule has 0 saturated carbocycles. The van der Waals surface area contributed by atoms with Crippen molar-refractivity contribution in [3.05, 3.63) is 0 Å². The predicted octanol–water partition coefficient (Wildman–Crippen LogP) is 1.29. The van der Waals surface area contributed by atoms with E-state index in [0.717, 1.165) is 0 Å². The number of carboxylic acid groups (broad SMARTS) is 1. The molecule has 0 bridgehead atoms. The third kappa shape index (κ3) is 7.07. The summed E-state index contributed by atoms with van der Waals surface area (Å²) < 4.78 is 0. The molecule has 0 aliphatic rings. The highest BCUT2D eigenvalue weighted by Gasteiger charge is 2.20. The number of carboxylic acids is 1. The van der Waals surface area contributed by atoms with Crippen molar-refractivity contribution < 1.29 is 14.7 Å². The van der Waals surface area contributed by atoms with Crippen LogP contribution in [0.4, 0.5) is 4.79 Å². The molecule has 0 aromatic carbocycles. The summed E-state index contributed by atoms with van der Waals surface area (Å²) in [4.78, 5) is 22.5. The Balaban J connectivity index is 4.24. The third-order valence-electron chi connectivity index (χ3n) is 2.41. The van der Waals surface area contributed by atoms with Gasteiger partial charge in [-0.25, -0.2) is 9.59 Å². The van der Waals surface area contributed by atoms with Crippen molar-refractivity contribution in [2.45, 2.75) is 38.3 Å². The summed E-state index contributed by atoms with van der Waals surface area (Å²) in [6, 6.07) is -1.46. The number of thioether (sulfide) groups is 1. The van der Waals surface area contributed by atoms with Crippen LogP contribution < -0.4 is 10.6 Å². The Morgan fingerprint density at radius 1 is 1.44 bits per heavy atom. The second-order valence-electron chi connectivity index (χ2n) is 3.80. The first kappa shape index (κ1) is 16.6. The average molecular weight is 272 g/mol. The van der Waals surface area contributed by atoms with E-state index in [1.165, 1.54) is 11.8 Å². The van der Waals surface area contributed by atoms with Crippen molar-refractivity contribution in [1.29, 1.82) is 0 Å². The van der Waals surface area contributed by atoms with Gasteiger partial charge >= 0.3 is 12.0 Å². The van der Waals surface area contributed by atoms with Gasteiger partial charge < -0.3 is 15.7 Å². The van der Waals surface area contributed by atoms with Crippen molar-refractivity contribution in [2.75, 3.05) is 12.0 Å². The molecule has 0 saturated heterocycles. The fourth-order valence-corrected chi connectivity index (χ4v) is 1.79. The Bertz CT molecular complexity index is 315. The molecule has 18 heavy (non-hydrogen) atoms. The monoisotopic (exact) mass is 272 g/mol. The lowest BCUT2D eigenvalue weighted by atomic mass is 10.1. The maximum atomic E-state index is 11.6. The summed E-state index contributed by atoms with van der Waals surface area (Å²) in [7, 11) is 0. The van der Waals surface area contributed by atoms with Crippen LogP contribution in [0.25, 0.3) is 0 Å². The van der Waals surface area contributed by atoms with Crippen LogP contribution in [0, 0.1) is 12.3 Å². The molecule has 0 aliphatic carbocycles. The fourth-order valence-electron chi connectivity index (χ4n) is 1.32. The zero-order chi connectivity index (χ0) is 14.0. The maximum Gasteiger partial charge on any atom is 0.326 e. The molecule has 6 heteroatoms. The molecule has 0 aliphatic heterocycles. The molecule has 2 unspecified atom stereocenters. The largest absolute Gasteiger partial charge is 0.480 e. The Morgan fingerprint density at radius 3 is 2.56 bits per heavy atom. The van der Waals surface area contributed by atoms with Crippen molar-refractivity contribution in [3.8, 4) is 12.3 Å². The summed E-state index contributed by atoms with van der Waals surface area (Å²) in [6.07, 6.45) is 8.61. The van der Waals surface area contributed by atoms with E-state index in [2.05, 4.69) is 16.6 Å². The Kier molecular flexibility index (Phi) is 8.93. The molecule has 0 fully saturated rings. The van der Waals surface area contributed by atoms with Gasteiger partial charge in [0.05, 0.1) is 0 Å². The SMILES string of the molecule is C#CCC(CC)NC(=O)NC(CCSC)C(=O)O. The Morgan fingerprint density at radius 2 is 2.11 bits per heavy atom. The number of terminal acetylenes is 1. The fraction of sp³-hybridized carbons (Fsp3) is 0.667. The standard InChI is InChI=1S/C12H20N2O3S/c1-4-6-9(5-2)13-12(17)14-10(11(15)16)7-8-18-3/h1,9-10H,5-8H2,2-3H3,(H,15,16)(H2,13,14,17). The first-order valence-electron chi connectivity index (χ1n) is 5.77. The van der Waals surface area contributed by atoms with Gasteiger partial charge in [-0.1, -0.05) is 6.92 Å². The number of rotatable bonds is 8. The molecule has 102 valence electrons. The lowest BCUT2D eigenvalue weighted by Crippen LogP contribution is -2.49. The quantitative estimate of drug-likeness (QED) is 0.582. The molecule has 0 aromatic heterocycles. The number of carbonyl (C=O) groups is 2. The van der Waals surface area contributed by atoms with Crippen LogP contribution in [0.3, 0.4) is 0 Å². The number of amides is 2. The van der Waals surface area contributed by atoms with E-state index in [4.69, 9.17) is 11.5 Å². The van der Waals surface area contributed by atoms with Crippen molar-refractivity contribution in [3.63, 3.8) is 0 Å². The second kappa shape index (κ2) is 9.66. The molecule has 2 amide bonds. The number of hydrogen-bond donors (Lipinski definition) is 3. The van der Waals surface area contributed by atoms with E-state index in [1.54, 1.807) is 0 Å². The number of hydrogen-bond acceptors (Lipinski definition) is 3. The molecular weight excluding hydrogens is 252 g/mol. The van der Waals surface area contributed by atoms with Crippen LogP contribution in [0.5, 0.6) is 0 Å². The minimum Gasteiger partial charge on any atom is -0.480 e. The van der Waals surface area contributed by atoms with Gasteiger partial charge in [0, 0.05) is 12.5 Å². The van der Waals surface area contributed by atoms with Crippen molar-refractivity contribution in [1.82, 2.24) is 10.6 Å². The van der Waals surface area contributed by atoms with E-state index in [9.17, 15) is 9.59 Å². The molecule has 2 atom stereocenters.